The monoisotopic (exact) mass is 313 g/mol. The molecule has 2 aromatic carbocycles. The van der Waals surface area contributed by atoms with Gasteiger partial charge in [0.05, 0.1) is 6.04 Å². The van der Waals surface area contributed by atoms with Gasteiger partial charge in [0, 0.05) is 10.6 Å². The first kappa shape index (κ1) is 15.9. The van der Waals surface area contributed by atoms with Crippen LogP contribution in [0.15, 0.2) is 30.3 Å². The first-order valence-corrected chi connectivity index (χ1v) is 6.95. The van der Waals surface area contributed by atoms with E-state index in [1.165, 1.54) is 6.07 Å². The summed E-state index contributed by atoms with van der Waals surface area (Å²) in [6.07, 6.45) is 0. The molecule has 0 aromatic heterocycles. The van der Waals surface area contributed by atoms with E-state index >= 15 is 0 Å². The molecule has 0 aliphatic carbocycles. The van der Waals surface area contributed by atoms with E-state index in [9.17, 15) is 13.2 Å². The molecular formula is C16H15ClF3N. The van der Waals surface area contributed by atoms with Crippen molar-refractivity contribution in [1.82, 2.24) is 5.32 Å². The maximum Gasteiger partial charge on any atom is 0.160 e. The number of nitrogens with one attached hydrogen (secondary N) is 1. The van der Waals surface area contributed by atoms with Crippen LogP contribution in [0.3, 0.4) is 0 Å². The van der Waals surface area contributed by atoms with E-state index in [0.717, 1.165) is 17.7 Å². The van der Waals surface area contributed by atoms with Gasteiger partial charge in [0.25, 0.3) is 0 Å². The van der Waals surface area contributed by atoms with Crippen LogP contribution in [0.25, 0.3) is 0 Å². The highest BCUT2D eigenvalue weighted by Crippen LogP contribution is 2.31. The van der Waals surface area contributed by atoms with Gasteiger partial charge in [0.15, 0.2) is 11.6 Å². The SMILES string of the molecule is CCNC(c1ccc(C)cc1F)c1cc(F)c(F)cc1Cl. The quantitative estimate of drug-likeness (QED) is 0.802. The summed E-state index contributed by atoms with van der Waals surface area (Å²) in [6.45, 7) is 4.14. The van der Waals surface area contributed by atoms with E-state index in [2.05, 4.69) is 5.32 Å². The van der Waals surface area contributed by atoms with Gasteiger partial charge in [-0.1, -0.05) is 30.7 Å². The minimum absolute atomic E-state index is 0.0554. The molecule has 112 valence electrons. The molecule has 0 aliphatic heterocycles. The molecular weight excluding hydrogens is 299 g/mol. The molecule has 2 rings (SSSR count). The number of halogens is 4. The zero-order valence-corrected chi connectivity index (χ0v) is 12.4. The van der Waals surface area contributed by atoms with Gasteiger partial charge in [0.2, 0.25) is 0 Å². The lowest BCUT2D eigenvalue weighted by atomic mass is 9.97. The Morgan fingerprint density at radius 3 is 2.29 bits per heavy atom. The van der Waals surface area contributed by atoms with E-state index in [1.807, 2.05) is 6.92 Å². The van der Waals surface area contributed by atoms with Gasteiger partial charge in [-0.2, -0.15) is 0 Å². The van der Waals surface area contributed by atoms with Crippen LogP contribution in [0.1, 0.15) is 29.7 Å². The lowest BCUT2D eigenvalue weighted by molar-refractivity contribution is 0.502. The molecule has 1 unspecified atom stereocenters. The van der Waals surface area contributed by atoms with Crippen molar-refractivity contribution in [1.29, 1.82) is 0 Å². The van der Waals surface area contributed by atoms with Gasteiger partial charge < -0.3 is 5.32 Å². The largest absolute Gasteiger partial charge is 0.306 e. The Balaban J connectivity index is 2.55. The molecule has 0 heterocycles. The van der Waals surface area contributed by atoms with E-state index in [4.69, 9.17) is 11.6 Å². The molecule has 0 radical (unpaired) electrons. The second-order valence-electron chi connectivity index (χ2n) is 4.80. The molecule has 1 atom stereocenters. The summed E-state index contributed by atoms with van der Waals surface area (Å²) in [5.74, 6) is -2.45. The molecule has 0 spiro atoms. The van der Waals surface area contributed by atoms with Crippen molar-refractivity contribution in [2.24, 2.45) is 0 Å². The molecule has 0 fully saturated rings. The summed E-state index contributed by atoms with van der Waals surface area (Å²) >= 11 is 6.00. The van der Waals surface area contributed by atoms with Gasteiger partial charge >= 0.3 is 0 Å². The fourth-order valence-corrected chi connectivity index (χ4v) is 2.48. The summed E-state index contributed by atoms with van der Waals surface area (Å²) in [6, 6.07) is 6.05. The minimum Gasteiger partial charge on any atom is -0.306 e. The first-order chi connectivity index (χ1) is 9.93. The van der Waals surface area contributed by atoms with E-state index < -0.39 is 23.5 Å². The third-order valence-corrected chi connectivity index (χ3v) is 3.55. The minimum atomic E-state index is -1.02. The third kappa shape index (κ3) is 3.39. The number of hydrogen-bond acceptors (Lipinski definition) is 1. The van der Waals surface area contributed by atoms with Crippen LogP contribution >= 0.6 is 11.6 Å². The Kier molecular flexibility index (Phi) is 4.91. The summed E-state index contributed by atoms with van der Waals surface area (Å²) < 4.78 is 40.8. The van der Waals surface area contributed by atoms with E-state index in [0.29, 0.717) is 17.7 Å². The van der Waals surface area contributed by atoms with Crippen LogP contribution in [-0.4, -0.2) is 6.54 Å². The Hall–Kier alpha value is -1.52. The lowest BCUT2D eigenvalue weighted by Gasteiger charge is -2.21. The van der Waals surface area contributed by atoms with Crippen LogP contribution in [-0.2, 0) is 0 Å². The highest BCUT2D eigenvalue weighted by Gasteiger charge is 2.21. The fraction of sp³-hybridized carbons (Fsp3) is 0.250. The summed E-state index contributed by atoms with van der Waals surface area (Å²) in [5.41, 5.74) is 1.43. The summed E-state index contributed by atoms with van der Waals surface area (Å²) in [7, 11) is 0. The van der Waals surface area contributed by atoms with Crippen molar-refractivity contribution >= 4 is 11.6 Å². The predicted molar refractivity (Wildman–Crippen MR) is 78.0 cm³/mol. The predicted octanol–water partition coefficient (Wildman–Crippen LogP) is 4.76. The zero-order valence-electron chi connectivity index (χ0n) is 11.7. The summed E-state index contributed by atoms with van der Waals surface area (Å²) in [4.78, 5) is 0. The maximum atomic E-state index is 14.2. The van der Waals surface area contributed by atoms with Crippen molar-refractivity contribution in [3.05, 3.63) is 69.5 Å². The smallest absolute Gasteiger partial charge is 0.160 e. The van der Waals surface area contributed by atoms with Crippen molar-refractivity contribution < 1.29 is 13.2 Å². The van der Waals surface area contributed by atoms with Crippen molar-refractivity contribution in [2.45, 2.75) is 19.9 Å². The molecule has 0 aliphatic rings. The molecule has 1 nitrogen and oxygen atoms in total. The zero-order chi connectivity index (χ0) is 15.6. The first-order valence-electron chi connectivity index (χ1n) is 6.58. The fourth-order valence-electron chi connectivity index (χ4n) is 2.22. The molecule has 5 heteroatoms. The summed E-state index contributed by atoms with van der Waals surface area (Å²) in [5, 5.41) is 3.10. The van der Waals surface area contributed by atoms with Gasteiger partial charge in [-0.15, -0.1) is 0 Å². The van der Waals surface area contributed by atoms with E-state index in [-0.39, 0.29) is 5.02 Å². The number of aryl methyl sites for hydroxylation is 1. The number of rotatable bonds is 4. The molecule has 0 bridgehead atoms. The average molecular weight is 314 g/mol. The van der Waals surface area contributed by atoms with Gasteiger partial charge in [-0.05, 0) is 42.8 Å². The Morgan fingerprint density at radius 1 is 1.00 bits per heavy atom. The van der Waals surface area contributed by atoms with Crippen molar-refractivity contribution in [2.75, 3.05) is 6.54 Å². The standard InChI is InChI=1S/C16H15ClF3N/c1-3-21-16(10-5-4-9(2)6-13(10)18)11-7-14(19)15(20)8-12(11)17/h4-8,16,21H,3H2,1-2H3. The second-order valence-corrected chi connectivity index (χ2v) is 5.21. The average Bonchev–Trinajstić information content (AvgIpc) is 2.41. The Bertz CT molecular complexity index is 658. The highest BCUT2D eigenvalue weighted by molar-refractivity contribution is 6.31. The Labute approximate surface area is 126 Å². The van der Waals surface area contributed by atoms with Crippen LogP contribution in [0.4, 0.5) is 13.2 Å². The van der Waals surface area contributed by atoms with E-state index in [1.54, 1.807) is 19.1 Å². The Morgan fingerprint density at radius 2 is 1.67 bits per heavy atom. The van der Waals surface area contributed by atoms with Gasteiger partial charge in [-0.25, -0.2) is 13.2 Å². The molecule has 0 saturated heterocycles. The van der Waals surface area contributed by atoms with Crippen LogP contribution in [0.5, 0.6) is 0 Å². The molecule has 0 saturated carbocycles. The second kappa shape index (κ2) is 6.50. The molecule has 2 aromatic rings. The molecule has 0 amide bonds. The maximum absolute atomic E-state index is 14.2. The lowest BCUT2D eigenvalue weighted by Crippen LogP contribution is -2.23. The normalized spacial score (nSPS) is 12.5. The van der Waals surface area contributed by atoms with Gasteiger partial charge in [0.1, 0.15) is 5.82 Å². The van der Waals surface area contributed by atoms with Crippen molar-refractivity contribution in [3.63, 3.8) is 0 Å². The van der Waals surface area contributed by atoms with Crippen LogP contribution < -0.4 is 5.32 Å². The number of benzene rings is 2. The number of hydrogen-bond donors (Lipinski definition) is 1. The topological polar surface area (TPSA) is 12.0 Å². The third-order valence-electron chi connectivity index (χ3n) is 3.23. The van der Waals surface area contributed by atoms with Gasteiger partial charge in [-0.3, -0.25) is 0 Å². The molecule has 21 heavy (non-hydrogen) atoms. The van der Waals surface area contributed by atoms with Crippen LogP contribution in [0.2, 0.25) is 5.02 Å². The van der Waals surface area contributed by atoms with Crippen LogP contribution in [0, 0.1) is 24.4 Å². The highest BCUT2D eigenvalue weighted by atomic mass is 35.5. The van der Waals surface area contributed by atoms with Crippen molar-refractivity contribution in [3.8, 4) is 0 Å². The molecule has 1 N–H and O–H groups in total.